The van der Waals surface area contributed by atoms with E-state index in [-0.39, 0.29) is 0 Å². The number of hydrogen-bond donors (Lipinski definition) is 2. The van der Waals surface area contributed by atoms with Crippen LogP contribution in [0.3, 0.4) is 0 Å². The first-order valence-corrected chi connectivity index (χ1v) is 11.6. The molecule has 5 aromatic heterocycles. The molecule has 2 N–H and O–H groups in total. The van der Waals surface area contributed by atoms with Gasteiger partial charge in [0.15, 0.2) is 0 Å². The summed E-state index contributed by atoms with van der Waals surface area (Å²) in [6, 6.07) is 5.99. The van der Waals surface area contributed by atoms with Gasteiger partial charge in [0, 0.05) is 47.5 Å². The van der Waals surface area contributed by atoms with Crippen molar-refractivity contribution in [3.05, 3.63) is 71.0 Å². The third-order valence-electron chi connectivity index (χ3n) is 5.95. The van der Waals surface area contributed by atoms with Crippen molar-refractivity contribution in [3.8, 4) is 21.7 Å². The summed E-state index contributed by atoms with van der Waals surface area (Å²) in [5.41, 5.74) is 3.81. The zero-order valence-electron chi connectivity index (χ0n) is 17.0. The Kier molecular flexibility index (Phi) is 4.60. The number of thiazole rings is 1. The van der Waals surface area contributed by atoms with Crippen LogP contribution in [0.15, 0.2) is 55.4 Å². The van der Waals surface area contributed by atoms with Gasteiger partial charge in [-0.3, -0.25) is 9.67 Å². The number of aromatic amines is 1. The van der Waals surface area contributed by atoms with Gasteiger partial charge in [0.05, 0.1) is 28.3 Å². The Bertz CT molecular complexity index is 1420. The number of nitrogens with zero attached hydrogens (tertiary/aromatic N) is 5. The summed E-state index contributed by atoms with van der Waals surface area (Å²) in [5, 5.41) is 17.4. The first-order chi connectivity index (χ1) is 15.6. The molecule has 0 saturated heterocycles. The normalized spacial score (nSPS) is 15.2. The van der Waals surface area contributed by atoms with E-state index in [1.807, 2.05) is 41.5 Å². The maximum absolute atomic E-state index is 10.7. The highest BCUT2D eigenvalue weighted by molar-refractivity contribution is 7.15. The smallest absolute Gasteiger partial charge is 0.138 e. The molecule has 0 bridgehead atoms. The molecule has 0 aliphatic heterocycles. The molecule has 160 valence electrons. The standard InChI is InChI=1S/C23H19ClN6OS/c24-17-10-26-21-16(20(17)19-11-27-22(32-19)23(31)4-2-5-23)7-18(29-21)15-9-28-30(13-15)12-14-3-1-6-25-8-14/h1,3,6-11,13,31H,2,4-5,12H2,(H,26,29). The molecule has 0 radical (unpaired) electrons. The number of rotatable bonds is 5. The fourth-order valence-corrected chi connectivity index (χ4v) is 5.50. The molecule has 5 heterocycles. The lowest BCUT2D eigenvalue weighted by molar-refractivity contribution is -0.0389. The van der Waals surface area contributed by atoms with Crippen molar-refractivity contribution in [2.24, 2.45) is 0 Å². The quantitative estimate of drug-likeness (QED) is 0.382. The zero-order valence-corrected chi connectivity index (χ0v) is 18.6. The van der Waals surface area contributed by atoms with Crippen molar-refractivity contribution in [2.75, 3.05) is 0 Å². The molecule has 0 aromatic carbocycles. The molecule has 0 atom stereocenters. The van der Waals surface area contributed by atoms with Crippen LogP contribution < -0.4 is 0 Å². The van der Waals surface area contributed by atoms with E-state index in [0.29, 0.717) is 11.6 Å². The van der Waals surface area contributed by atoms with Crippen LogP contribution in [0.2, 0.25) is 5.02 Å². The second-order valence-electron chi connectivity index (χ2n) is 8.13. The highest BCUT2D eigenvalue weighted by Gasteiger charge is 2.39. The van der Waals surface area contributed by atoms with Gasteiger partial charge in [-0.2, -0.15) is 5.10 Å². The van der Waals surface area contributed by atoms with Crippen molar-refractivity contribution >= 4 is 34.0 Å². The molecule has 0 unspecified atom stereocenters. The van der Waals surface area contributed by atoms with Crippen LogP contribution in [0.1, 0.15) is 29.8 Å². The Balaban J connectivity index is 1.36. The first-order valence-electron chi connectivity index (χ1n) is 10.4. The predicted octanol–water partition coefficient (Wildman–Crippen LogP) is 5.02. The summed E-state index contributed by atoms with van der Waals surface area (Å²) >= 11 is 8.07. The van der Waals surface area contributed by atoms with E-state index in [4.69, 9.17) is 11.6 Å². The topological polar surface area (TPSA) is 92.5 Å². The number of H-pyrrole nitrogens is 1. The van der Waals surface area contributed by atoms with E-state index in [1.54, 1.807) is 18.6 Å². The van der Waals surface area contributed by atoms with Crippen molar-refractivity contribution in [1.29, 1.82) is 0 Å². The predicted molar refractivity (Wildman–Crippen MR) is 125 cm³/mol. The number of hydrogen-bond acceptors (Lipinski definition) is 6. The molecular formula is C23H19ClN6OS. The van der Waals surface area contributed by atoms with Gasteiger partial charge in [0.25, 0.3) is 0 Å². The Hall–Kier alpha value is -3.07. The van der Waals surface area contributed by atoms with Gasteiger partial charge >= 0.3 is 0 Å². The minimum absolute atomic E-state index is 0.561. The van der Waals surface area contributed by atoms with Gasteiger partial charge in [-0.1, -0.05) is 17.7 Å². The third-order valence-corrected chi connectivity index (χ3v) is 7.45. The summed E-state index contributed by atoms with van der Waals surface area (Å²) in [5.74, 6) is 0. The van der Waals surface area contributed by atoms with Gasteiger partial charge in [-0.25, -0.2) is 9.97 Å². The molecule has 1 saturated carbocycles. The van der Waals surface area contributed by atoms with Crippen LogP contribution >= 0.6 is 22.9 Å². The Morgan fingerprint density at radius 2 is 2.09 bits per heavy atom. The highest BCUT2D eigenvalue weighted by Crippen LogP contribution is 2.46. The summed E-state index contributed by atoms with van der Waals surface area (Å²) < 4.78 is 1.88. The third kappa shape index (κ3) is 3.31. The summed E-state index contributed by atoms with van der Waals surface area (Å²) in [6.45, 7) is 0.649. The van der Waals surface area contributed by atoms with Crippen LogP contribution in [0.4, 0.5) is 0 Å². The second kappa shape index (κ2) is 7.51. The number of aliphatic hydroxyl groups is 1. The van der Waals surface area contributed by atoms with Crippen LogP contribution in [-0.2, 0) is 12.1 Å². The van der Waals surface area contributed by atoms with Crippen molar-refractivity contribution in [3.63, 3.8) is 0 Å². The van der Waals surface area contributed by atoms with Gasteiger partial charge < -0.3 is 10.1 Å². The molecule has 1 aliphatic carbocycles. The molecule has 0 amide bonds. The molecule has 1 aliphatic rings. The maximum atomic E-state index is 10.7. The fraction of sp³-hybridized carbons (Fsp3) is 0.217. The first kappa shape index (κ1) is 19.6. The van der Waals surface area contributed by atoms with Crippen molar-refractivity contribution in [2.45, 2.75) is 31.4 Å². The van der Waals surface area contributed by atoms with Crippen molar-refractivity contribution < 1.29 is 5.11 Å². The zero-order chi connectivity index (χ0) is 21.7. The van der Waals surface area contributed by atoms with E-state index in [2.05, 4.69) is 25.0 Å². The Morgan fingerprint density at radius 1 is 1.19 bits per heavy atom. The number of nitrogens with one attached hydrogen (secondary N) is 1. The lowest BCUT2D eigenvalue weighted by Crippen LogP contribution is -2.33. The van der Waals surface area contributed by atoms with E-state index in [0.717, 1.165) is 62.6 Å². The molecule has 6 rings (SSSR count). The van der Waals surface area contributed by atoms with Crippen LogP contribution in [0, 0.1) is 0 Å². The summed E-state index contributed by atoms with van der Waals surface area (Å²) in [6.07, 6.45) is 13.4. The summed E-state index contributed by atoms with van der Waals surface area (Å²) in [4.78, 5) is 17.5. The molecule has 32 heavy (non-hydrogen) atoms. The Labute approximate surface area is 192 Å². The highest BCUT2D eigenvalue weighted by atomic mass is 35.5. The number of halogens is 1. The minimum Gasteiger partial charge on any atom is -0.383 e. The van der Waals surface area contributed by atoms with Crippen LogP contribution in [0.25, 0.3) is 32.7 Å². The average Bonchev–Trinajstić information content (AvgIpc) is 3.52. The van der Waals surface area contributed by atoms with E-state index >= 15 is 0 Å². The van der Waals surface area contributed by atoms with Crippen LogP contribution in [0.5, 0.6) is 0 Å². The Morgan fingerprint density at radius 3 is 2.88 bits per heavy atom. The van der Waals surface area contributed by atoms with E-state index in [1.165, 1.54) is 11.3 Å². The number of aromatic nitrogens is 6. The minimum atomic E-state index is -0.784. The maximum Gasteiger partial charge on any atom is 0.138 e. The second-order valence-corrected chi connectivity index (χ2v) is 9.57. The van der Waals surface area contributed by atoms with Gasteiger partial charge in [-0.15, -0.1) is 11.3 Å². The fourth-order valence-electron chi connectivity index (χ4n) is 4.05. The monoisotopic (exact) mass is 462 g/mol. The molecule has 0 spiro atoms. The summed E-state index contributed by atoms with van der Waals surface area (Å²) in [7, 11) is 0. The number of fused-ring (bicyclic) bond motifs is 1. The lowest BCUT2D eigenvalue weighted by atomic mass is 9.81. The molecule has 5 aromatic rings. The molecule has 9 heteroatoms. The van der Waals surface area contributed by atoms with Gasteiger partial charge in [0.2, 0.25) is 0 Å². The number of pyridine rings is 2. The largest absolute Gasteiger partial charge is 0.383 e. The van der Waals surface area contributed by atoms with E-state index < -0.39 is 5.60 Å². The van der Waals surface area contributed by atoms with E-state index in [9.17, 15) is 5.11 Å². The van der Waals surface area contributed by atoms with Crippen LogP contribution in [-0.4, -0.2) is 34.8 Å². The lowest BCUT2D eigenvalue weighted by Gasteiger charge is -2.34. The molecule has 1 fully saturated rings. The SMILES string of the molecule is OC1(c2ncc(-c3c(Cl)cnc4[nH]c(-c5cnn(Cc6cccnc6)c5)cc34)s2)CCC1. The molecule has 7 nitrogen and oxygen atoms in total. The van der Waals surface area contributed by atoms with Crippen molar-refractivity contribution in [1.82, 2.24) is 29.7 Å². The van der Waals surface area contributed by atoms with Gasteiger partial charge in [0.1, 0.15) is 16.3 Å². The molecular weight excluding hydrogens is 444 g/mol. The van der Waals surface area contributed by atoms with Gasteiger partial charge in [-0.05, 0) is 37.0 Å². The average molecular weight is 463 g/mol.